The predicted molar refractivity (Wildman–Crippen MR) is 146 cm³/mol. The van der Waals surface area contributed by atoms with Crippen molar-refractivity contribution in [3.8, 4) is 5.75 Å². The molecule has 1 heterocycles. The van der Waals surface area contributed by atoms with Gasteiger partial charge >= 0.3 is 5.97 Å². The zero-order valence-electron chi connectivity index (χ0n) is 21.4. The van der Waals surface area contributed by atoms with Crippen LogP contribution in [-0.4, -0.2) is 55.2 Å². The molecular weight excluding hydrogens is 511 g/mol. The van der Waals surface area contributed by atoms with Gasteiger partial charge in [-0.05, 0) is 67.6 Å². The smallest absolute Gasteiger partial charge is 0.308 e. The van der Waals surface area contributed by atoms with Crippen LogP contribution in [0.2, 0.25) is 10.0 Å². The van der Waals surface area contributed by atoms with Gasteiger partial charge in [0.25, 0.3) is 0 Å². The summed E-state index contributed by atoms with van der Waals surface area (Å²) in [5, 5.41) is 4.17. The second kappa shape index (κ2) is 11.6. The van der Waals surface area contributed by atoms with Crippen LogP contribution < -0.4 is 10.1 Å². The van der Waals surface area contributed by atoms with E-state index in [9.17, 15) is 9.59 Å². The highest BCUT2D eigenvalue weighted by Gasteiger charge is 2.58. The predicted octanol–water partition coefficient (Wildman–Crippen LogP) is 5.34. The highest BCUT2D eigenvalue weighted by Crippen LogP contribution is 2.53. The number of amides is 1. The topological polar surface area (TPSA) is 67.9 Å². The highest BCUT2D eigenvalue weighted by atomic mass is 35.5. The number of hydrogen-bond donors (Lipinski definition) is 1. The molecule has 4 rings (SSSR count). The molecule has 2 aromatic carbocycles. The van der Waals surface area contributed by atoms with Gasteiger partial charge in [0, 0.05) is 38.6 Å². The molecule has 6 nitrogen and oxygen atoms in total. The summed E-state index contributed by atoms with van der Waals surface area (Å²) in [5.41, 5.74) is 1.06. The molecule has 0 bridgehead atoms. The van der Waals surface area contributed by atoms with E-state index < -0.39 is 5.60 Å². The van der Waals surface area contributed by atoms with Crippen LogP contribution in [0.15, 0.2) is 55.1 Å². The maximum Gasteiger partial charge on any atom is 0.308 e. The zero-order valence-corrected chi connectivity index (χ0v) is 22.9. The molecule has 1 aliphatic carbocycles. The number of carbonyl (C=O) groups is 2. The normalized spacial score (nSPS) is 25.7. The Morgan fingerprint density at radius 3 is 2.70 bits per heavy atom. The van der Waals surface area contributed by atoms with Gasteiger partial charge in [-0.25, -0.2) is 0 Å². The molecule has 2 aliphatic rings. The second-order valence-electron chi connectivity index (χ2n) is 10.1. The minimum absolute atomic E-state index is 0.0260. The first kappa shape index (κ1) is 27.6. The number of fused-ring (bicyclic) bond motifs is 1. The van der Waals surface area contributed by atoms with Crippen molar-refractivity contribution in [2.45, 2.75) is 56.1 Å². The van der Waals surface area contributed by atoms with E-state index in [-0.39, 0.29) is 29.8 Å². The highest BCUT2D eigenvalue weighted by molar-refractivity contribution is 6.42. The molecule has 0 unspecified atom stereocenters. The van der Waals surface area contributed by atoms with Crippen molar-refractivity contribution in [1.29, 1.82) is 0 Å². The minimum atomic E-state index is -0.450. The maximum atomic E-state index is 13.0. The van der Waals surface area contributed by atoms with Gasteiger partial charge in [0.1, 0.15) is 5.75 Å². The Hall–Kier alpha value is -2.38. The van der Waals surface area contributed by atoms with E-state index in [2.05, 4.69) is 22.9 Å². The fraction of sp³-hybridized carbons (Fsp3) is 0.448. The Morgan fingerprint density at radius 2 is 2.00 bits per heavy atom. The first-order valence-electron chi connectivity index (χ1n) is 12.6. The fourth-order valence-corrected chi connectivity index (χ4v) is 6.51. The number of halogens is 2. The minimum Gasteiger partial charge on any atom is -0.427 e. The second-order valence-corrected chi connectivity index (χ2v) is 10.9. The van der Waals surface area contributed by atoms with Crippen LogP contribution in [0.25, 0.3) is 0 Å². The molecule has 1 amide bonds. The molecule has 2 fully saturated rings. The Kier molecular flexibility index (Phi) is 8.64. The first-order chi connectivity index (χ1) is 17.7. The van der Waals surface area contributed by atoms with Gasteiger partial charge in [0.15, 0.2) is 0 Å². The van der Waals surface area contributed by atoms with Crippen molar-refractivity contribution in [1.82, 2.24) is 10.2 Å². The summed E-state index contributed by atoms with van der Waals surface area (Å²) in [4.78, 5) is 27.1. The van der Waals surface area contributed by atoms with Crippen LogP contribution in [-0.2, 0) is 26.2 Å². The number of rotatable bonds is 8. The molecule has 8 heteroatoms. The monoisotopic (exact) mass is 544 g/mol. The number of piperidine rings is 1. The Labute approximate surface area is 228 Å². The lowest BCUT2D eigenvalue weighted by Gasteiger charge is -2.59. The number of nitrogens with one attached hydrogen (secondary N) is 1. The molecule has 0 aromatic heterocycles. The molecular formula is C29H34Cl2N2O4. The third-order valence-corrected chi connectivity index (χ3v) is 8.58. The molecule has 1 N–H and O–H groups in total. The number of hydrogen-bond acceptors (Lipinski definition) is 5. The molecule has 0 radical (unpaired) electrons. The maximum absolute atomic E-state index is 13.0. The van der Waals surface area contributed by atoms with Crippen LogP contribution in [0.1, 0.15) is 43.7 Å². The van der Waals surface area contributed by atoms with E-state index in [1.807, 2.05) is 24.3 Å². The molecule has 1 aliphatic heterocycles. The third-order valence-electron chi connectivity index (χ3n) is 7.84. The summed E-state index contributed by atoms with van der Waals surface area (Å²) in [6.07, 6.45) is 5.30. The summed E-state index contributed by atoms with van der Waals surface area (Å²) in [7, 11) is 1.78. The molecule has 1 saturated heterocycles. The largest absolute Gasteiger partial charge is 0.427 e. The summed E-state index contributed by atoms with van der Waals surface area (Å²) < 4.78 is 11.8. The van der Waals surface area contributed by atoms with Gasteiger partial charge in [-0.2, -0.15) is 0 Å². The van der Waals surface area contributed by atoms with Crippen molar-refractivity contribution in [2.75, 3.05) is 26.7 Å². The van der Waals surface area contributed by atoms with Crippen LogP contribution in [0.5, 0.6) is 5.75 Å². The Bertz CT molecular complexity index is 1170. The number of likely N-dealkylation sites (tertiary alicyclic amines) is 1. The van der Waals surface area contributed by atoms with Gasteiger partial charge in [-0.15, -0.1) is 6.58 Å². The lowest BCUT2D eigenvalue weighted by atomic mass is 9.55. The summed E-state index contributed by atoms with van der Waals surface area (Å²) in [5.74, 6) is 0.106. The van der Waals surface area contributed by atoms with E-state index in [1.165, 1.54) is 6.92 Å². The molecule has 37 heavy (non-hydrogen) atoms. The first-order valence-corrected chi connectivity index (χ1v) is 13.4. The standard InChI is InChI=1S/C29H34Cl2N2O4/c1-4-13-33-14-12-28(22-6-5-7-24(17-22)37-20(2)34)18-23(10-11-29(28,19-33)36-3)32-27(35)16-21-8-9-25(30)26(31)15-21/h4-9,15,17,23H,1,10-14,16,18-19H2,2-3H3,(H,32,35)/t23-,28-,29-/m0/s1. The average molecular weight is 546 g/mol. The molecule has 3 atom stereocenters. The van der Waals surface area contributed by atoms with Crippen molar-refractivity contribution in [3.63, 3.8) is 0 Å². The molecule has 1 saturated carbocycles. The Balaban J connectivity index is 1.62. The van der Waals surface area contributed by atoms with Crippen LogP contribution in [0.3, 0.4) is 0 Å². The number of benzene rings is 2. The lowest BCUT2D eigenvalue weighted by molar-refractivity contribution is -0.149. The number of methoxy groups -OCH3 is 1. The van der Waals surface area contributed by atoms with Crippen molar-refractivity contribution >= 4 is 35.1 Å². The van der Waals surface area contributed by atoms with Gasteiger partial charge in [0.2, 0.25) is 5.91 Å². The number of nitrogens with zero attached hydrogens (tertiary/aromatic N) is 1. The van der Waals surface area contributed by atoms with Crippen molar-refractivity contribution in [3.05, 3.63) is 76.3 Å². The summed E-state index contributed by atoms with van der Waals surface area (Å²) >= 11 is 12.2. The lowest BCUT2D eigenvalue weighted by Crippen LogP contribution is -2.68. The van der Waals surface area contributed by atoms with Crippen molar-refractivity contribution < 1.29 is 19.1 Å². The van der Waals surface area contributed by atoms with Gasteiger partial charge in [-0.1, -0.05) is 47.5 Å². The fourth-order valence-electron chi connectivity index (χ4n) is 6.19. The van der Waals surface area contributed by atoms with E-state index in [0.29, 0.717) is 15.8 Å². The zero-order chi connectivity index (χ0) is 26.6. The number of carbonyl (C=O) groups excluding carboxylic acids is 2. The van der Waals surface area contributed by atoms with E-state index in [0.717, 1.165) is 56.4 Å². The van der Waals surface area contributed by atoms with E-state index in [4.69, 9.17) is 32.7 Å². The van der Waals surface area contributed by atoms with Crippen LogP contribution in [0.4, 0.5) is 0 Å². The molecule has 0 spiro atoms. The molecule has 198 valence electrons. The van der Waals surface area contributed by atoms with Gasteiger partial charge in [0.05, 0.1) is 22.1 Å². The van der Waals surface area contributed by atoms with Gasteiger partial charge in [-0.3, -0.25) is 14.5 Å². The number of esters is 1. The number of ether oxygens (including phenoxy) is 2. The summed E-state index contributed by atoms with van der Waals surface area (Å²) in [6.45, 7) is 7.74. The van der Waals surface area contributed by atoms with Crippen LogP contribution >= 0.6 is 23.2 Å². The molecule has 2 aromatic rings. The quantitative estimate of drug-likeness (QED) is 0.276. The Morgan fingerprint density at radius 1 is 1.19 bits per heavy atom. The SMILES string of the molecule is C=CCN1CC[C@@]2(c3cccc(OC(C)=O)c3)C[C@@H](NC(=O)Cc3ccc(Cl)c(Cl)c3)CC[C@]2(OC)C1. The third kappa shape index (κ3) is 5.88. The van der Waals surface area contributed by atoms with Crippen LogP contribution in [0, 0.1) is 0 Å². The van der Waals surface area contributed by atoms with Gasteiger partial charge < -0.3 is 14.8 Å². The average Bonchev–Trinajstić information content (AvgIpc) is 2.86. The van der Waals surface area contributed by atoms with E-state index >= 15 is 0 Å². The van der Waals surface area contributed by atoms with E-state index in [1.54, 1.807) is 25.3 Å². The van der Waals surface area contributed by atoms with Crippen molar-refractivity contribution in [2.24, 2.45) is 0 Å². The summed E-state index contributed by atoms with van der Waals surface area (Å²) in [6, 6.07) is 13.0.